The van der Waals surface area contributed by atoms with Gasteiger partial charge >= 0.3 is 0 Å². The third-order valence-electron chi connectivity index (χ3n) is 2.92. The Kier molecular flexibility index (Phi) is 4.43. The van der Waals surface area contributed by atoms with Crippen molar-refractivity contribution in [3.05, 3.63) is 52.8 Å². The van der Waals surface area contributed by atoms with Crippen LogP contribution in [0.4, 0.5) is 11.6 Å². The maximum Gasteiger partial charge on any atom is 0.207 e. The van der Waals surface area contributed by atoms with Gasteiger partial charge in [-0.25, -0.2) is 4.98 Å². The number of benzene rings is 1. The van der Waals surface area contributed by atoms with E-state index >= 15 is 0 Å². The zero-order valence-corrected chi connectivity index (χ0v) is 12.9. The van der Waals surface area contributed by atoms with Crippen molar-refractivity contribution in [3.63, 3.8) is 0 Å². The van der Waals surface area contributed by atoms with E-state index in [9.17, 15) is 0 Å². The molecule has 0 saturated carbocycles. The van der Waals surface area contributed by atoms with Gasteiger partial charge in [0.1, 0.15) is 0 Å². The number of nitrogens with zero attached hydrogens (tertiary/aromatic N) is 2. The molecule has 0 atom stereocenters. The summed E-state index contributed by atoms with van der Waals surface area (Å²) >= 11 is 3.50. The maximum atomic E-state index is 4.51. The van der Waals surface area contributed by atoms with Crippen molar-refractivity contribution in [2.45, 2.75) is 26.8 Å². The topological polar surface area (TPSA) is 29.9 Å². The Morgan fingerprint density at radius 3 is 2.95 bits per heavy atom. The molecule has 3 nitrogen and oxygen atoms in total. The fraction of sp³-hybridized carbons (Fsp3) is 0.267. The Morgan fingerprint density at radius 1 is 1.47 bits per heavy atom. The number of aromatic nitrogens is 2. The van der Waals surface area contributed by atoms with Crippen LogP contribution < -0.4 is 5.32 Å². The second-order valence-electron chi connectivity index (χ2n) is 4.43. The van der Waals surface area contributed by atoms with E-state index in [0.717, 1.165) is 34.8 Å². The molecular weight excluding hydrogens is 302 g/mol. The monoisotopic (exact) mass is 319 g/mol. The number of hydrogen-bond acceptors (Lipinski definition) is 2. The Labute approximate surface area is 122 Å². The number of anilines is 2. The number of hydrogen-bond donors (Lipinski definition) is 1. The molecule has 0 radical (unpaired) electrons. The van der Waals surface area contributed by atoms with E-state index in [1.807, 2.05) is 25.3 Å². The molecule has 1 aromatic heterocycles. The molecule has 0 amide bonds. The molecule has 0 unspecified atom stereocenters. The SMILES string of the molecule is C=CCn1cc(C)nc1Nc1ccc(Br)cc1CC. The van der Waals surface area contributed by atoms with Crippen LogP contribution in [0.5, 0.6) is 0 Å². The number of imidazole rings is 1. The summed E-state index contributed by atoms with van der Waals surface area (Å²) in [5, 5.41) is 3.41. The van der Waals surface area contributed by atoms with Gasteiger partial charge in [-0.1, -0.05) is 28.9 Å². The van der Waals surface area contributed by atoms with Gasteiger partial charge in [0.2, 0.25) is 5.95 Å². The van der Waals surface area contributed by atoms with Gasteiger partial charge in [0, 0.05) is 22.9 Å². The average molecular weight is 320 g/mol. The van der Waals surface area contributed by atoms with Crippen LogP contribution in [0.25, 0.3) is 0 Å². The molecule has 19 heavy (non-hydrogen) atoms. The molecule has 0 fully saturated rings. The Morgan fingerprint density at radius 2 is 2.26 bits per heavy atom. The van der Waals surface area contributed by atoms with Gasteiger partial charge in [-0.05, 0) is 37.1 Å². The smallest absolute Gasteiger partial charge is 0.207 e. The first-order valence-corrected chi connectivity index (χ1v) is 7.13. The summed E-state index contributed by atoms with van der Waals surface area (Å²) in [4.78, 5) is 4.51. The lowest BCUT2D eigenvalue weighted by atomic mass is 10.1. The van der Waals surface area contributed by atoms with Gasteiger partial charge in [0.25, 0.3) is 0 Å². The van der Waals surface area contributed by atoms with Crippen LogP contribution in [0.15, 0.2) is 41.5 Å². The molecule has 0 aliphatic carbocycles. The largest absolute Gasteiger partial charge is 0.325 e. The van der Waals surface area contributed by atoms with Crippen molar-refractivity contribution in [1.29, 1.82) is 0 Å². The maximum absolute atomic E-state index is 4.51. The Bertz CT molecular complexity index is 587. The average Bonchev–Trinajstić information content (AvgIpc) is 2.72. The highest BCUT2D eigenvalue weighted by Crippen LogP contribution is 2.24. The fourth-order valence-corrected chi connectivity index (χ4v) is 2.43. The van der Waals surface area contributed by atoms with Gasteiger partial charge < -0.3 is 9.88 Å². The summed E-state index contributed by atoms with van der Waals surface area (Å²) in [5.41, 5.74) is 3.36. The highest BCUT2D eigenvalue weighted by Gasteiger charge is 2.07. The van der Waals surface area contributed by atoms with Crippen molar-refractivity contribution in [1.82, 2.24) is 9.55 Å². The van der Waals surface area contributed by atoms with Crippen LogP contribution in [0.3, 0.4) is 0 Å². The second kappa shape index (κ2) is 6.06. The Balaban J connectivity index is 2.32. The predicted octanol–water partition coefficient (Wildman–Crippen LogP) is 4.45. The Hall–Kier alpha value is -1.55. The summed E-state index contributed by atoms with van der Waals surface area (Å²) in [7, 11) is 0. The number of halogens is 1. The van der Waals surface area contributed by atoms with Crippen LogP contribution in [0.2, 0.25) is 0 Å². The molecule has 1 heterocycles. The molecule has 0 aliphatic heterocycles. The minimum absolute atomic E-state index is 0.751. The zero-order valence-electron chi connectivity index (χ0n) is 11.3. The number of aryl methyl sites for hydroxylation is 2. The van der Waals surface area contributed by atoms with E-state index in [-0.39, 0.29) is 0 Å². The van der Waals surface area contributed by atoms with Gasteiger partial charge in [-0.3, -0.25) is 0 Å². The summed E-state index contributed by atoms with van der Waals surface area (Å²) in [6.07, 6.45) is 4.87. The standard InChI is InChI=1S/C15H18BrN3/c1-4-8-19-10-11(3)17-15(19)18-14-7-6-13(16)9-12(14)5-2/h4,6-7,9-10H,1,5,8H2,2-3H3,(H,17,18). The summed E-state index contributed by atoms with van der Waals surface area (Å²) in [6, 6.07) is 6.25. The lowest BCUT2D eigenvalue weighted by Crippen LogP contribution is -2.03. The summed E-state index contributed by atoms with van der Waals surface area (Å²) in [5.74, 6) is 0.856. The van der Waals surface area contributed by atoms with E-state index in [1.54, 1.807) is 0 Å². The molecule has 2 aromatic rings. The molecule has 0 aliphatic rings. The van der Waals surface area contributed by atoms with Gasteiger partial charge in [0.05, 0.1) is 5.69 Å². The summed E-state index contributed by atoms with van der Waals surface area (Å²) < 4.78 is 3.16. The van der Waals surface area contributed by atoms with E-state index in [1.165, 1.54) is 5.56 Å². The minimum Gasteiger partial charge on any atom is -0.325 e. The van der Waals surface area contributed by atoms with Crippen LogP contribution in [0.1, 0.15) is 18.2 Å². The molecule has 0 bridgehead atoms. The van der Waals surface area contributed by atoms with Crippen molar-refractivity contribution < 1.29 is 0 Å². The van der Waals surface area contributed by atoms with Crippen LogP contribution in [0, 0.1) is 6.92 Å². The van der Waals surface area contributed by atoms with Gasteiger partial charge in [-0.15, -0.1) is 6.58 Å². The lowest BCUT2D eigenvalue weighted by molar-refractivity contribution is 0.831. The highest BCUT2D eigenvalue weighted by atomic mass is 79.9. The molecule has 100 valence electrons. The molecule has 2 rings (SSSR count). The quantitative estimate of drug-likeness (QED) is 0.825. The van der Waals surface area contributed by atoms with E-state index in [2.05, 4.69) is 56.4 Å². The minimum atomic E-state index is 0.751. The normalized spacial score (nSPS) is 10.5. The third-order valence-corrected chi connectivity index (χ3v) is 3.41. The lowest BCUT2D eigenvalue weighted by Gasteiger charge is -2.12. The van der Waals surface area contributed by atoms with E-state index in [4.69, 9.17) is 0 Å². The molecule has 1 aromatic carbocycles. The zero-order chi connectivity index (χ0) is 13.8. The van der Waals surface area contributed by atoms with Gasteiger partial charge in [0.15, 0.2) is 0 Å². The first-order chi connectivity index (χ1) is 9.13. The number of allylic oxidation sites excluding steroid dienone is 1. The fourth-order valence-electron chi connectivity index (χ4n) is 2.02. The number of nitrogens with one attached hydrogen (secondary N) is 1. The number of rotatable bonds is 5. The van der Waals surface area contributed by atoms with E-state index < -0.39 is 0 Å². The van der Waals surface area contributed by atoms with Crippen molar-refractivity contribution in [2.24, 2.45) is 0 Å². The van der Waals surface area contributed by atoms with Crippen LogP contribution >= 0.6 is 15.9 Å². The first kappa shape index (κ1) is 13.9. The van der Waals surface area contributed by atoms with Crippen molar-refractivity contribution in [3.8, 4) is 0 Å². The van der Waals surface area contributed by atoms with E-state index in [0.29, 0.717) is 0 Å². The molecule has 4 heteroatoms. The molecule has 0 saturated heterocycles. The second-order valence-corrected chi connectivity index (χ2v) is 5.34. The molecular formula is C15H18BrN3. The first-order valence-electron chi connectivity index (χ1n) is 6.34. The van der Waals surface area contributed by atoms with Crippen LogP contribution in [-0.2, 0) is 13.0 Å². The highest BCUT2D eigenvalue weighted by molar-refractivity contribution is 9.10. The summed E-state index contributed by atoms with van der Waals surface area (Å²) in [6.45, 7) is 8.67. The van der Waals surface area contributed by atoms with Crippen molar-refractivity contribution >= 4 is 27.6 Å². The predicted molar refractivity (Wildman–Crippen MR) is 84.0 cm³/mol. The third kappa shape index (κ3) is 3.26. The van der Waals surface area contributed by atoms with Crippen LogP contribution in [-0.4, -0.2) is 9.55 Å². The van der Waals surface area contributed by atoms with Crippen molar-refractivity contribution in [2.75, 3.05) is 5.32 Å². The molecule has 1 N–H and O–H groups in total. The molecule has 0 spiro atoms. The van der Waals surface area contributed by atoms with Gasteiger partial charge in [-0.2, -0.15) is 0 Å².